The highest BCUT2D eigenvalue weighted by Gasteiger charge is 2.15. The fourth-order valence-corrected chi connectivity index (χ4v) is 2.49. The van der Waals surface area contributed by atoms with Crippen LogP contribution in [0.2, 0.25) is 0 Å². The number of nitrogens with one attached hydrogen (secondary N) is 1. The monoisotopic (exact) mass is 310 g/mol. The highest BCUT2D eigenvalue weighted by molar-refractivity contribution is 5.96. The number of hydrogen-bond acceptors (Lipinski definition) is 2. The van der Waals surface area contributed by atoms with Crippen molar-refractivity contribution in [3.63, 3.8) is 0 Å². The minimum absolute atomic E-state index is 0.125. The second-order valence-corrected chi connectivity index (χ2v) is 5.35. The number of carbonyl (C=O) groups is 1. The molecule has 0 atom stereocenters. The predicted octanol–water partition coefficient (Wildman–Crippen LogP) is 2.94. The molecule has 0 bridgehead atoms. The molecule has 1 amide bonds. The summed E-state index contributed by atoms with van der Waals surface area (Å²) in [5.74, 6) is -0.727. The van der Waals surface area contributed by atoms with Crippen LogP contribution in [-0.4, -0.2) is 22.8 Å². The molecule has 0 radical (unpaired) electrons. The van der Waals surface area contributed by atoms with Crippen molar-refractivity contribution in [1.29, 1.82) is 0 Å². The number of fused-ring (bicyclic) bond motifs is 1. The predicted molar refractivity (Wildman–Crippen MR) is 86.8 cm³/mol. The molecule has 3 rings (SSSR count). The molecule has 3 aromatic rings. The van der Waals surface area contributed by atoms with Gasteiger partial charge in [0.05, 0.1) is 0 Å². The average Bonchev–Trinajstić information content (AvgIpc) is 2.56. The Balaban J connectivity index is 1.91. The normalized spacial score (nSPS) is 10.7. The highest BCUT2D eigenvalue weighted by Crippen LogP contribution is 2.13. The Labute approximate surface area is 132 Å². The number of nitrogens with zero attached hydrogens (tertiary/aromatic N) is 1. The van der Waals surface area contributed by atoms with Gasteiger partial charge in [-0.25, -0.2) is 4.39 Å². The van der Waals surface area contributed by atoms with Crippen LogP contribution in [0.4, 0.5) is 4.39 Å². The Kier molecular flexibility index (Phi) is 3.93. The number of amides is 1. The number of aromatic nitrogens is 1. The molecule has 0 saturated heterocycles. The smallest absolute Gasteiger partial charge is 0.270 e. The van der Waals surface area contributed by atoms with E-state index in [9.17, 15) is 14.0 Å². The van der Waals surface area contributed by atoms with Crippen LogP contribution < -0.4 is 5.56 Å². The molecule has 1 heterocycles. The van der Waals surface area contributed by atoms with E-state index in [2.05, 4.69) is 4.98 Å². The summed E-state index contributed by atoms with van der Waals surface area (Å²) in [6, 6.07) is 15.0. The maximum absolute atomic E-state index is 13.7. The fourth-order valence-electron chi connectivity index (χ4n) is 2.49. The Bertz CT molecular complexity index is 933. The molecule has 0 fully saturated rings. The third-order valence-electron chi connectivity index (χ3n) is 3.70. The number of halogens is 1. The summed E-state index contributed by atoms with van der Waals surface area (Å²) < 4.78 is 13.7. The summed E-state index contributed by atoms with van der Waals surface area (Å²) in [4.78, 5) is 28.5. The standard InChI is InChI=1S/C18H15FN2O2/c1-21(11-13-7-3-5-9-15(13)19)18(23)16-10-12-6-2-4-8-14(12)17(22)20-16/h2-10H,11H2,1H3,(H,20,22). The molecule has 23 heavy (non-hydrogen) atoms. The zero-order valence-electron chi connectivity index (χ0n) is 12.5. The first-order valence-corrected chi connectivity index (χ1v) is 7.17. The quantitative estimate of drug-likeness (QED) is 0.808. The number of aromatic amines is 1. The van der Waals surface area contributed by atoms with Gasteiger partial charge in [0.2, 0.25) is 0 Å². The maximum atomic E-state index is 13.7. The van der Waals surface area contributed by atoms with Gasteiger partial charge in [-0.3, -0.25) is 9.59 Å². The topological polar surface area (TPSA) is 53.2 Å². The summed E-state index contributed by atoms with van der Waals surface area (Å²) in [5.41, 5.74) is 0.296. The van der Waals surface area contributed by atoms with Crippen LogP contribution in [0.15, 0.2) is 59.4 Å². The number of H-pyrrole nitrogens is 1. The number of hydrogen-bond donors (Lipinski definition) is 1. The molecule has 1 aromatic heterocycles. The number of rotatable bonds is 3. The largest absolute Gasteiger partial charge is 0.336 e. The molecule has 5 heteroatoms. The van der Waals surface area contributed by atoms with E-state index in [1.165, 1.54) is 11.0 Å². The van der Waals surface area contributed by atoms with E-state index in [1.54, 1.807) is 55.6 Å². The molecule has 0 unspecified atom stereocenters. The van der Waals surface area contributed by atoms with Crippen LogP contribution in [0.1, 0.15) is 16.1 Å². The zero-order valence-corrected chi connectivity index (χ0v) is 12.5. The molecule has 1 N–H and O–H groups in total. The number of pyridine rings is 1. The Morgan fingerprint density at radius 3 is 2.61 bits per heavy atom. The van der Waals surface area contributed by atoms with Crippen LogP contribution in [0.25, 0.3) is 10.8 Å². The van der Waals surface area contributed by atoms with Gasteiger partial charge in [0.1, 0.15) is 11.5 Å². The van der Waals surface area contributed by atoms with Crippen LogP contribution >= 0.6 is 0 Å². The molecule has 0 aliphatic rings. The van der Waals surface area contributed by atoms with Crippen LogP contribution in [0.3, 0.4) is 0 Å². The lowest BCUT2D eigenvalue weighted by atomic mass is 10.1. The summed E-state index contributed by atoms with van der Waals surface area (Å²) >= 11 is 0. The summed E-state index contributed by atoms with van der Waals surface area (Å²) in [7, 11) is 1.57. The molecule has 0 saturated carbocycles. The lowest BCUT2D eigenvalue weighted by Crippen LogP contribution is -2.29. The second-order valence-electron chi connectivity index (χ2n) is 5.35. The Morgan fingerprint density at radius 2 is 1.83 bits per heavy atom. The molecule has 2 aromatic carbocycles. The van der Waals surface area contributed by atoms with Crippen LogP contribution in [0.5, 0.6) is 0 Å². The van der Waals surface area contributed by atoms with Crippen LogP contribution in [-0.2, 0) is 6.54 Å². The molecule has 4 nitrogen and oxygen atoms in total. The van der Waals surface area contributed by atoms with Gasteiger partial charge in [0, 0.05) is 24.5 Å². The average molecular weight is 310 g/mol. The van der Waals surface area contributed by atoms with Gasteiger partial charge < -0.3 is 9.88 Å². The van der Waals surface area contributed by atoms with Crippen molar-refractivity contribution in [2.24, 2.45) is 0 Å². The fraction of sp³-hybridized carbons (Fsp3) is 0.111. The van der Waals surface area contributed by atoms with Crippen molar-refractivity contribution in [2.75, 3.05) is 7.05 Å². The molecule has 0 aliphatic heterocycles. The SMILES string of the molecule is CN(Cc1ccccc1F)C(=O)c1cc2ccccc2c(=O)[nH]1. The molecule has 116 valence electrons. The summed E-state index contributed by atoms with van der Waals surface area (Å²) in [5, 5.41) is 1.22. The summed E-state index contributed by atoms with van der Waals surface area (Å²) in [6.07, 6.45) is 0. The first-order valence-electron chi connectivity index (χ1n) is 7.17. The van der Waals surface area contributed by atoms with Gasteiger partial charge in [-0.1, -0.05) is 36.4 Å². The van der Waals surface area contributed by atoms with Gasteiger partial charge in [0.25, 0.3) is 11.5 Å². The van der Waals surface area contributed by atoms with E-state index in [4.69, 9.17) is 0 Å². The lowest BCUT2D eigenvalue weighted by molar-refractivity contribution is 0.0778. The molecular weight excluding hydrogens is 295 g/mol. The maximum Gasteiger partial charge on any atom is 0.270 e. The Morgan fingerprint density at radius 1 is 1.13 bits per heavy atom. The van der Waals surface area contributed by atoms with E-state index in [0.717, 1.165) is 0 Å². The van der Waals surface area contributed by atoms with Crippen molar-refractivity contribution >= 4 is 16.7 Å². The van der Waals surface area contributed by atoms with Crippen molar-refractivity contribution in [3.05, 3.63) is 82.0 Å². The minimum atomic E-state index is -0.365. The van der Waals surface area contributed by atoms with Crippen molar-refractivity contribution in [2.45, 2.75) is 6.54 Å². The Hall–Kier alpha value is -2.95. The zero-order chi connectivity index (χ0) is 16.4. The van der Waals surface area contributed by atoms with E-state index in [1.807, 2.05) is 0 Å². The van der Waals surface area contributed by atoms with E-state index in [0.29, 0.717) is 16.3 Å². The molecular formula is C18H15FN2O2. The third kappa shape index (κ3) is 2.99. The van der Waals surface area contributed by atoms with E-state index in [-0.39, 0.29) is 29.5 Å². The summed E-state index contributed by atoms with van der Waals surface area (Å²) in [6.45, 7) is 0.125. The van der Waals surface area contributed by atoms with Crippen molar-refractivity contribution in [1.82, 2.24) is 9.88 Å². The first-order chi connectivity index (χ1) is 11.1. The van der Waals surface area contributed by atoms with Gasteiger partial charge in [-0.05, 0) is 23.6 Å². The second kappa shape index (κ2) is 6.04. The van der Waals surface area contributed by atoms with E-state index >= 15 is 0 Å². The first kappa shape index (κ1) is 15.0. The van der Waals surface area contributed by atoms with Gasteiger partial charge >= 0.3 is 0 Å². The van der Waals surface area contributed by atoms with E-state index < -0.39 is 0 Å². The highest BCUT2D eigenvalue weighted by atomic mass is 19.1. The van der Waals surface area contributed by atoms with Gasteiger partial charge in [-0.2, -0.15) is 0 Å². The lowest BCUT2D eigenvalue weighted by Gasteiger charge is -2.17. The van der Waals surface area contributed by atoms with Crippen molar-refractivity contribution in [3.8, 4) is 0 Å². The number of carbonyl (C=O) groups excluding carboxylic acids is 1. The van der Waals surface area contributed by atoms with Gasteiger partial charge in [0.15, 0.2) is 0 Å². The van der Waals surface area contributed by atoms with Crippen LogP contribution in [0, 0.1) is 5.82 Å². The third-order valence-corrected chi connectivity index (χ3v) is 3.70. The van der Waals surface area contributed by atoms with Crippen molar-refractivity contribution < 1.29 is 9.18 Å². The number of benzene rings is 2. The molecule has 0 aliphatic carbocycles. The minimum Gasteiger partial charge on any atom is -0.336 e. The van der Waals surface area contributed by atoms with Gasteiger partial charge in [-0.15, -0.1) is 0 Å². The molecule has 0 spiro atoms.